The van der Waals surface area contributed by atoms with Gasteiger partial charge in [0.25, 0.3) is 5.78 Å². The Hall–Kier alpha value is 0.180. The summed E-state index contributed by atoms with van der Waals surface area (Å²) in [5.74, 6) is -6.87. The zero-order valence-electron chi connectivity index (χ0n) is 15.5. The number of pyridine rings is 1. The van der Waals surface area contributed by atoms with E-state index in [1.165, 1.54) is 0 Å². The second-order valence-electron chi connectivity index (χ2n) is 4.82. The fraction of sp³-hybridized carbons (Fsp3) is 0. The number of aromatic carboxylic acids is 3. The molecule has 3 rings (SSSR count). The molecule has 4 N–H and O–H groups in total. The Morgan fingerprint density at radius 2 is 1.39 bits per heavy atom. The van der Waals surface area contributed by atoms with E-state index in [9.17, 15) is 29.1 Å². The van der Waals surface area contributed by atoms with Crippen LogP contribution in [-0.2, 0) is 0 Å². The predicted molar refractivity (Wildman–Crippen MR) is 96.6 cm³/mol. The van der Waals surface area contributed by atoms with Crippen LogP contribution in [0.2, 0.25) is 0 Å². The SMILES string of the molecule is O=C(O)c1cc(C(=O)O)c2c(n1)C(=O)C(=O)c1cc(C(=O)O)[nH]c1-2.[Na].[Na].[Na].[Na]. The minimum atomic E-state index is -1.58. The fourth-order valence-corrected chi connectivity index (χ4v) is 2.42. The molecule has 0 aromatic carbocycles. The van der Waals surface area contributed by atoms with E-state index in [-0.39, 0.29) is 135 Å². The maximum absolute atomic E-state index is 12.1. The molecular formula is C14H6N2Na4O8. The van der Waals surface area contributed by atoms with Crippen molar-refractivity contribution in [2.24, 2.45) is 0 Å². The van der Waals surface area contributed by atoms with Gasteiger partial charge < -0.3 is 20.3 Å². The number of nitrogens with one attached hydrogen (secondary N) is 1. The minimum Gasteiger partial charge on any atom is -0.478 e. The molecule has 0 bridgehead atoms. The third-order valence-electron chi connectivity index (χ3n) is 3.43. The summed E-state index contributed by atoms with van der Waals surface area (Å²) in [5.41, 5.74) is -3.21. The van der Waals surface area contributed by atoms with Crippen molar-refractivity contribution in [2.45, 2.75) is 0 Å². The smallest absolute Gasteiger partial charge is 0.354 e. The molecule has 10 nitrogen and oxygen atoms in total. The van der Waals surface area contributed by atoms with Gasteiger partial charge in [0.1, 0.15) is 17.1 Å². The number of carboxylic acid groups (broad SMARTS) is 3. The normalized spacial score (nSPS) is 10.7. The summed E-state index contributed by atoms with van der Waals surface area (Å²) in [4.78, 5) is 63.7. The number of aromatic nitrogens is 2. The molecular weight excluding hydrogens is 416 g/mol. The van der Waals surface area contributed by atoms with Crippen LogP contribution in [0.25, 0.3) is 11.3 Å². The molecule has 2 aromatic heterocycles. The largest absolute Gasteiger partial charge is 0.478 e. The molecule has 1 aliphatic rings. The molecule has 0 fully saturated rings. The summed E-state index contributed by atoms with van der Waals surface area (Å²) in [6.45, 7) is 0. The molecule has 2 heterocycles. The third-order valence-corrected chi connectivity index (χ3v) is 3.43. The van der Waals surface area contributed by atoms with Gasteiger partial charge in [0.2, 0.25) is 5.78 Å². The van der Waals surface area contributed by atoms with Gasteiger partial charge in [-0.3, -0.25) is 9.59 Å². The Morgan fingerprint density at radius 3 is 1.86 bits per heavy atom. The summed E-state index contributed by atoms with van der Waals surface area (Å²) in [5, 5.41) is 27.3. The number of aromatic amines is 1. The number of carboxylic acids is 3. The van der Waals surface area contributed by atoms with E-state index in [1.807, 2.05) is 0 Å². The monoisotopic (exact) mass is 422 g/mol. The van der Waals surface area contributed by atoms with Crippen LogP contribution in [0.1, 0.15) is 52.2 Å². The average molecular weight is 422 g/mol. The number of rotatable bonds is 3. The summed E-state index contributed by atoms with van der Waals surface area (Å²) in [7, 11) is 0. The number of Topliss-reactive ketones (excluding diaryl/α,β-unsaturated/α-hetero) is 2. The quantitative estimate of drug-likeness (QED) is 0.358. The van der Waals surface area contributed by atoms with Crippen LogP contribution in [0.3, 0.4) is 0 Å². The number of carbonyl (C=O) groups excluding carboxylic acids is 2. The molecule has 0 spiro atoms. The summed E-state index contributed by atoms with van der Waals surface area (Å²) in [6.07, 6.45) is 0. The summed E-state index contributed by atoms with van der Waals surface area (Å²) < 4.78 is 0. The molecule has 28 heavy (non-hydrogen) atoms. The van der Waals surface area contributed by atoms with Gasteiger partial charge in [0, 0.05) is 124 Å². The molecule has 2 aromatic rings. The number of ketones is 2. The molecule has 0 aliphatic heterocycles. The molecule has 124 valence electrons. The van der Waals surface area contributed by atoms with Gasteiger partial charge >= 0.3 is 17.9 Å². The van der Waals surface area contributed by atoms with Crippen molar-refractivity contribution in [1.82, 2.24) is 9.97 Å². The second-order valence-corrected chi connectivity index (χ2v) is 4.82. The first-order valence-electron chi connectivity index (χ1n) is 6.29. The predicted octanol–water partition coefficient (Wildman–Crippen LogP) is -0.973. The Morgan fingerprint density at radius 1 is 0.821 bits per heavy atom. The molecule has 0 unspecified atom stereocenters. The van der Waals surface area contributed by atoms with E-state index in [0.29, 0.717) is 0 Å². The number of hydrogen-bond acceptors (Lipinski definition) is 6. The van der Waals surface area contributed by atoms with Crippen LogP contribution in [0.15, 0.2) is 12.1 Å². The number of hydrogen-bond donors (Lipinski definition) is 4. The van der Waals surface area contributed by atoms with Crippen LogP contribution >= 0.6 is 0 Å². The van der Waals surface area contributed by atoms with Gasteiger partial charge in [-0.05, 0) is 12.1 Å². The molecule has 14 heteroatoms. The van der Waals surface area contributed by atoms with E-state index in [0.717, 1.165) is 12.1 Å². The van der Waals surface area contributed by atoms with E-state index in [1.54, 1.807) is 0 Å². The van der Waals surface area contributed by atoms with Gasteiger partial charge in [0.15, 0.2) is 0 Å². The number of carbonyl (C=O) groups is 5. The van der Waals surface area contributed by atoms with Crippen molar-refractivity contribution in [3.8, 4) is 11.3 Å². The Balaban J connectivity index is 0. The summed E-state index contributed by atoms with van der Waals surface area (Å²) in [6, 6.07) is 1.65. The van der Waals surface area contributed by atoms with Crippen LogP contribution in [0.4, 0.5) is 0 Å². The number of H-pyrrole nitrogens is 1. The van der Waals surface area contributed by atoms with Crippen LogP contribution in [0, 0.1) is 0 Å². The first kappa shape index (κ1) is 30.4. The molecule has 1 aliphatic carbocycles. The van der Waals surface area contributed by atoms with Crippen molar-refractivity contribution in [3.63, 3.8) is 0 Å². The van der Waals surface area contributed by atoms with Crippen molar-refractivity contribution < 1.29 is 39.3 Å². The van der Waals surface area contributed by atoms with Gasteiger partial charge in [-0.2, -0.15) is 0 Å². The second kappa shape index (κ2) is 11.5. The van der Waals surface area contributed by atoms with Crippen molar-refractivity contribution in [1.29, 1.82) is 0 Å². The molecule has 0 saturated heterocycles. The van der Waals surface area contributed by atoms with Gasteiger partial charge in [-0.25, -0.2) is 19.4 Å². The Kier molecular flexibility index (Phi) is 12.5. The van der Waals surface area contributed by atoms with Gasteiger partial charge in [0.05, 0.1) is 16.8 Å². The van der Waals surface area contributed by atoms with Crippen LogP contribution in [-0.4, -0.2) is 173 Å². The van der Waals surface area contributed by atoms with Crippen LogP contribution < -0.4 is 0 Å². The molecule has 4 radical (unpaired) electrons. The fourth-order valence-electron chi connectivity index (χ4n) is 2.42. The van der Waals surface area contributed by atoms with Gasteiger partial charge in [-0.1, -0.05) is 0 Å². The van der Waals surface area contributed by atoms with Crippen molar-refractivity contribution in [2.75, 3.05) is 0 Å². The van der Waals surface area contributed by atoms with Crippen molar-refractivity contribution >= 4 is 148 Å². The van der Waals surface area contributed by atoms with Crippen LogP contribution in [0.5, 0.6) is 0 Å². The molecule has 0 atom stereocenters. The summed E-state index contributed by atoms with van der Waals surface area (Å²) >= 11 is 0. The first-order chi connectivity index (χ1) is 11.2. The topological polar surface area (TPSA) is 175 Å². The molecule has 0 saturated carbocycles. The van der Waals surface area contributed by atoms with Crippen molar-refractivity contribution in [3.05, 3.63) is 40.3 Å². The maximum atomic E-state index is 12.1. The zero-order chi connectivity index (χ0) is 17.8. The Labute approximate surface area is 245 Å². The van der Waals surface area contributed by atoms with E-state index in [2.05, 4.69) is 9.97 Å². The maximum Gasteiger partial charge on any atom is 0.354 e. The number of fused-ring (bicyclic) bond motifs is 3. The van der Waals surface area contributed by atoms with E-state index in [4.69, 9.17) is 10.2 Å². The number of nitrogens with zero attached hydrogens (tertiary/aromatic N) is 1. The third kappa shape index (κ3) is 5.26. The Bertz CT molecular complexity index is 1000. The average Bonchev–Trinajstić information content (AvgIpc) is 2.96. The standard InChI is InChI=1S/C14H6N2O8.4Na/c17-10-4-2-6(14(23)24)15-8(4)7-3(12(19)20)1-5(13(21)22)16-9(7)11(10)18;;;;/h1-2,15H,(H,19,20)(H,21,22)(H,23,24);;;;. The van der Waals surface area contributed by atoms with E-state index < -0.39 is 52.1 Å². The van der Waals surface area contributed by atoms with E-state index >= 15 is 0 Å². The first-order valence-corrected chi connectivity index (χ1v) is 6.29. The minimum absolute atomic E-state index is 0. The van der Waals surface area contributed by atoms with Gasteiger partial charge in [-0.15, -0.1) is 0 Å². The molecule has 0 amide bonds. The zero-order valence-corrected chi connectivity index (χ0v) is 23.5.